The number of rotatable bonds is 4. The van der Waals surface area contributed by atoms with E-state index in [-0.39, 0.29) is 13.1 Å². The maximum Gasteiger partial charge on any atom is 0.394 e. The summed E-state index contributed by atoms with van der Waals surface area (Å²) in [6.45, 7) is 3.63. The van der Waals surface area contributed by atoms with Crippen molar-refractivity contribution in [1.82, 2.24) is 9.80 Å². The fraction of sp³-hybridized carbons (Fsp3) is 1.00. The second-order valence-electron chi connectivity index (χ2n) is 6.10. The van der Waals surface area contributed by atoms with E-state index >= 15 is 0 Å². The summed E-state index contributed by atoms with van der Waals surface area (Å²) in [7, 11) is 0. The molecule has 2 aliphatic rings. The van der Waals surface area contributed by atoms with E-state index in [9.17, 15) is 13.2 Å². The molecule has 0 aliphatic carbocycles. The van der Waals surface area contributed by atoms with E-state index in [0.29, 0.717) is 6.04 Å². The van der Waals surface area contributed by atoms with E-state index in [0.717, 1.165) is 25.9 Å². The zero-order chi connectivity index (χ0) is 14.6. The standard InChI is InChI=1S/C14H26F3N3/c15-14(16,17)12(10-18)11-19-8-4-13(5-9-19)20-6-2-1-3-7-20/h12-13H,1-11,18H2. The van der Waals surface area contributed by atoms with Crippen molar-refractivity contribution in [3.05, 3.63) is 0 Å². The summed E-state index contributed by atoms with van der Waals surface area (Å²) in [6.07, 6.45) is 1.68. The third-order valence-electron chi connectivity index (χ3n) is 4.69. The highest BCUT2D eigenvalue weighted by molar-refractivity contribution is 4.83. The van der Waals surface area contributed by atoms with Gasteiger partial charge in [-0.3, -0.25) is 0 Å². The predicted octanol–water partition coefficient (Wildman–Crippen LogP) is 2.07. The molecule has 2 saturated heterocycles. The summed E-state index contributed by atoms with van der Waals surface area (Å²) in [5, 5.41) is 0. The van der Waals surface area contributed by atoms with Crippen molar-refractivity contribution in [2.24, 2.45) is 11.7 Å². The predicted molar refractivity (Wildman–Crippen MR) is 73.5 cm³/mol. The minimum absolute atomic E-state index is 0.0622. The third-order valence-corrected chi connectivity index (χ3v) is 4.69. The normalized spacial score (nSPS) is 25.8. The van der Waals surface area contributed by atoms with Crippen molar-refractivity contribution in [2.45, 2.75) is 44.3 Å². The highest BCUT2D eigenvalue weighted by atomic mass is 19.4. The van der Waals surface area contributed by atoms with Crippen LogP contribution in [0.1, 0.15) is 32.1 Å². The van der Waals surface area contributed by atoms with Crippen LogP contribution in [0, 0.1) is 5.92 Å². The molecule has 2 N–H and O–H groups in total. The number of nitrogens with zero attached hydrogens (tertiary/aromatic N) is 2. The van der Waals surface area contributed by atoms with Crippen molar-refractivity contribution >= 4 is 0 Å². The number of halogens is 3. The fourth-order valence-electron chi connectivity index (χ4n) is 3.37. The molecule has 2 rings (SSSR count). The molecule has 0 aromatic heterocycles. The minimum atomic E-state index is -4.17. The van der Waals surface area contributed by atoms with Gasteiger partial charge in [-0.05, 0) is 51.9 Å². The van der Waals surface area contributed by atoms with E-state index in [1.807, 2.05) is 4.90 Å². The molecule has 6 heteroatoms. The van der Waals surface area contributed by atoms with E-state index in [4.69, 9.17) is 5.73 Å². The van der Waals surface area contributed by atoms with Crippen molar-refractivity contribution < 1.29 is 13.2 Å². The molecule has 0 aromatic carbocycles. The van der Waals surface area contributed by atoms with Gasteiger partial charge in [0.2, 0.25) is 0 Å². The second-order valence-corrected chi connectivity index (χ2v) is 6.10. The molecule has 2 aliphatic heterocycles. The Morgan fingerprint density at radius 2 is 1.60 bits per heavy atom. The van der Waals surface area contributed by atoms with Crippen molar-refractivity contribution in [3.8, 4) is 0 Å². The van der Waals surface area contributed by atoms with Gasteiger partial charge in [0.25, 0.3) is 0 Å². The summed E-state index contributed by atoms with van der Waals surface area (Å²) in [5.74, 6) is -1.38. The molecule has 0 amide bonds. The third kappa shape index (κ3) is 4.33. The van der Waals surface area contributed by atoms with Crippen LogP contribution in [-0.2, 0) is 0 Å². The van der Waals surface area contributed by atoms with E-state index < -0.39 is 12.1 Å². The lowest BCUT2D eigenvalue weighted by Gasteiger charge is -2.41. The number of hydrogen-bond acceptors (Lipinski definition) is 3. The van der Waals surface area contributed by atoms with Crippen LogP contribution in [-0.4, -0.2) is 61.3 Å². The van der Waals surface area contributed by atoms with Gasteiger partial charge in [-0.25, -0.2) is 0 Å². The quantitative estimate of drug-likeness (QED) is 0.861. The van der Waals surface area contributed by atoms with Gasteiger partial charge in [0.1, 0.15) is 0 Å². The van der Waals surface area contributed by atoms with Gasteiger partial charge in [0, 0.05) is 19.1 Å². The Labute approximate surface area is 119 Å². The number of likely N-dealkylation sites (tertiary alicyclic amines) is 2. The van der Waals surface area contributed by atoms with Gasteiger partial charge in [-0.2, -0.15) is 13.2 Å². The molecular formula is C14H26F3N3. The van der Waals surface area contributed by atoms with Crippen LogP contribution in [0.5, 0.6) is 0 Å². The summed E-state index contributed by atoms with van der Waals surface area (Å²) in [6, 6.07) is 0.578. The Bertz CT molecular complexity index is 282. The van der Waals surface area contributed by atoms with Gasteiger partial charge in [-0.15, -0.1) is 0 Å². The van der Waals surface area contributed by atoms with Crippen LogP contribution in [0.15, 0.2) is 0 Å². The largest absolute Gasteiger partial charge is 0.394 e. The zero-order valence-electron chi connectivity index (χ0n) is 12.0. The average molecular weight is 293 g/mol. The first-order chi connectivity index (χ1) is 9.50. The molecule has 1 unspecified atom stereocenters. The van der Waals surface area contributed by atoms with Gasteiger partial charge >= 0.3 is 6.18 Å². The van der Waals surface area contributed by atoms with E-state index in [2.05, 4.69) is 4.90 Å². The molecular weight excluding hydrogens is 267 g/mol. The molecule has 0 spiro atoms. The summed E-state index contributed by atoms with van der Waals surface area (Å²) < 4.78 is 38.2. The highest BCUT2D eigenvalue weighted by Gasteiger charge is 2.40. The molecule has 0 aromatic rings. The van der Waals surface area contributed by atoms with Crippen LogP contribution in [0.4, 0.5) is 13.2 Å². The number of piperidine rings is 2. The molecule has 0 saturated carbocycles. The number of alkyl halides is 3. The number of hydrogen-bond donors (Lipinski definition) is 1. The Hall–Kier alpha value is -0.330. The Balaban J connectivity index is 1.76. The Kier molecular flexibility index (Phi) is 5.69. The van der Waals surface area contributed by atoms with Crippen LogP contribution in [0.25, 0.3) is 0 Å². The molecule has 2 fully saturated rings. The van der Waals surface area contributed by atoms with E-state index in [1.54, 1.807) is 0 Å². The lowest BCUT2D eigenvalue weighted by molar-refractivity contribution is -0.177. The molecule has 0 radical (unpaired) electrons. The van der Waals surface area contributed by atoms with Crippen LogP contribution in [0.3, 0.4) is 0 Å². The summed E-state index contributed by atoms with van der Waals surface area (Å²) in [4.78, 5) is 4.47. The summed E-state index contributed by atoms with van der Waals surface area (Å²) >= 11 is 0. The molecule has 20 heavy (non-hydrogen) atoms. The van der Waals surface area contributed by atoms with E-state index in [1.165, 1.54) is 32.4 Å². The zero-order valence-corrected chi connectivity index (χ0v) is 12.0. The molecule has 2 heterocycles. The smallest absolute Gasteiger partial charge is 0.330 e. The fourth-order valence-corrected chi connectivity index (χ4v) is 3.37. The second kappa shape index (κ2) is 7.09. The van der Waals surface area contributed by atoms with Gasteiger partial charge in [-0.1, -0.05) is 6.42 Å². The lowest BCUT2D eigenvalue weighted by Crippen LogP contribution is -2.49. The molecule has 3 nitrogen and oxygen atoms in total. The summed E-state index contributed by atoms with van der Waals surface area (Å²) in [5.41, 5.74) is 5.27. The first kappa shape index (κ1) is 16.0. The van der Waals surface area contributed by atoms with Crippen LogP contribution < -0.4 is 5.73 Å². The molecule has 0 bridgehead atoms. The van der Waals surface area contributed by atoms with Gasteiger partial charge < -0.3 is 15.5 Å². The monoisotopic (exact) mass is 293 g/mol. The Morgan fingerprint density at radius 1 is 1.00 bits per heavy atom. The molecule has 118 valence electrons. The maximum absolute atomic E-state index is 12.7. The van der Waals surface area contributed by atoms with Crippen molar-refractivity contribution in [2.75, 3.05) is 39.3 Å². The minimum Gasteiger partial charge on any atom is -0.330 e. The van der Waals surface area contributed by atoms with Gasteiger partial charge in [0.15, 0.2) is 0 Å². The average Bonchev–Trinajstić information content (AvgIpc) is 2.45. The van der Waals surface area contributed by atoms with Crippen molar-refractivity contribution in [1.29, 1.82) is 0 Å². The van der Waals surface area contributed by atoms with Crippen LogP contribution >= 0.6 is 0 Å². The highest BCUT2D eigenvalue weighted by Crippen LogP contribution is 2.28. The SMILES string of the molecule is NCC(CN1CCC(N2CCCCC2)CC1)C(F)(F)F. The topological polar surface area (TPSA) is 32.5 Å². The first-order valence-corrected chi connectivity index (χ1v) is 7.74. The maximum atomic E-state index is 12.7. The lowest BCUT2D eigenvalue weighted by atomic mass is 9.98. The van der Waals surface area contributed by atoms with Crippen molar-refractivity contribution in [3.63, 3.8) is 0 Å². The number of nitrogens with two attached hydrogens (primary N) is 1. The first-order valence-electron chi connectivity index (χ1n) is 7.74. The van der Waals surface area contributed by atoms with Crippen LogP contribution in [0.2, 0.25) is 0 Å². The Morgan fingerprint density at radius 3 is 2.10 bits per heavy atom. The van der Waals surface area contributed by atoms with Gasteiger partial charge in [0.05, 0.1) is 5.92 Å². The molecule has 1 atom stereocenters.